The Balaban J connectivity index is 1.07. The zero-order valence-corrected chi connectivity index (χ0v) is 21.2. The summed E-state index contributed by atoms with van der Waals surface area (Å²) in [7, 11) is 1.71. The van der Waals surface area contributed by atoms with Gasteiger partial charge in [-0.3, -0.25) is 9.58 Å². The normalized spacial score (nSPS) is 30.5. The Morgan fingerprint density at radius 1 is 1.16 bits per heavy atom. The Morgan fingerprint density at radius 2 is 1.95 bits per heavy atom. The summed E-state index contributed by atoms with van der Waals surface area (Å²) < 4.78 is 26.9. The monoisotopic (exact) mass is 507 g/mol. The topological polar surface area (TPSA) is 103 Å². The van der Waals surface area contributed by atoms with Crippen LogP contribution < -0.4 is 15.8 Å². The molecule has 7 rings (SSSR count). The van der Waals surface area contributed by atoms with Crippen LogP contribution in [0.5, 0.6) is 5.75 Å². The maximum absolute atomic E-state index is 13.6. The predicted molar refractivity (Wildman–Crippen MR) is 138 cm³/mol. The molecule has 9 nitrogen and oxygen atoms in total. The number of nitrogens with one attached hydrogen (secondary N) is 1. The van der Waals surface area contributed by atoms with Gasteiger partial charge in [-0.2, -0.15) is 10.1 Å². The number of fused-ring (bicyclic) bond motifs is 2. The molecule has 0 bridgehead atoms. The highest BCUT2D eigenvalue weighted by atomic mass is 19.1. The molecule has 3 N–H and O–H groups in total. The van der Waals surface area contributed by atoms with Gasteiger partial charge < -0.3 is 20.5 Å². The van der Waals surface area contributed by atoms with Gasteiger partial charge in [0, 0.05) is 49.0 Å². The molecule has 196 valence electrons. The molecule has 10 heteroatoms. The van der Waals surface area contributed by atoms with Crippen LogP contribution in [0.4, 0.5) is 16.2 Å². The summed E-state index contributed by atoms with van der Waals surface area (Å²) in [5, 5.41) is 8.06. The van der Waals surface area contributed by atoms with Crippen LogP contribution >= 0.6 is 0 Å². The fourth-order valence-electron chi connectivity index (χ4n) is 6.81. The van der Waals surface area contributed by atoms with E-state index in [0.29, 0.717) is 35.6 Å². The molecule has 1 unspecified atom stereocenters. The third kappa shape index (κ3) is 4.20. The Hall–Kier alpha value is -2.98. The second-order valence-electron chi connectivity index (χ2n) is 11.6. The molecular formula is C27H34FN7O2. The number of nitrogens with two attached hydrogens (primary N) is 1. The second-order valence-corrected chi connectivity index (χ2v) is 11.6. The van der Waals surface area contributed by atoms with E-state index in [2.05, 4.69) is 43.5 Å². The number of likely N-dealkylation sites (tertiary alicyclic amines) is 1. The van der Waals surface area contributed by atoms with Gasteiger partial charge in [0.05, 0.1) is 33.1 Å². The van der Waals surface area contributed by atoms with E-state index < -0.39 is 6.17 Å². The summed E-state index contributed by atoms with van der Waals surface area (Å²) in [6.45, 7) is 6.18. The van der Waals surface area contributed by atoms with Crippen LogP contribution in [0.15, 0.2) is 24.4 Å². The molecule has 37 heavy (non-hydrogen) atoms. The van der Waals surface area contributed by atoms with Crippen molar-refractivity contribution in [1.29, 1.82) is 0 Å². The first-order valence-corrected chi connectivity index (χ1v) is 13.3. The Bertz CT molecular complexity index is 1310. The number of nitrogens with zero attached hydrogens (tertiary/aromatic N) is 5. The quantitative estimate of drug-likeness (QED) is 0.480. The van der Waals surface area contributed by atoms with Crippen LogP contribution in [0.3, 0.4) is 0 Å². The van der Waals surface area contributed by atoms with Crippen LogP contribution in [0.25, 0.3) is 11.0 Å². The first kappa shape index (κ1) is 23.2. The molecule has 3 aromatic rings. The summed E-state index contributed by atoms with van der Waals surface area (Å²) >= 11 is 0. The fraction of sp³-hybridized carbons (Fsp3) is 0.593. The summed E-state index contributed by atoms with van der Waals surface area (Å²) in [6, 6.07) is 6.45. The predicted octanol–water partition coefficient (Wildman–Crippen LogP) is 3.09. The van der Waals surface area contributed by atoms with E-state index in [4.69, 9.17) is 15.2 Å². The molecule has 2 saturated carbocycles. The number of methoxy groups -OCH3 is 1. The summed E-state index contributed by atoms with van der Waals surface area (Å²) in [4.78, 5) is 11.4. The number of anilines is 2. The molecule has 2 saturated heterocycles. The summed E-state index contributed by atoms with van der Waals surface area (Å²) in [5.74, 6) is 3.54. The second kappa shape index (κ2) is 8.80. The Labute approximate surface area is 215 Å². The summed E-state index contributed by atoms with van der Waals surface area (Å²) in [5.41, 5.74) is 9.77. The largest absolute Gasteiger partial charge is 0.496 e. The lowest BCUT2D eigenvalue weighted by Crippen LogP contribution is -2.32. The minimum Gasteiger partial charge on any atom is -0.496 e. The molecule has 0 amide bonds. The number of nitrogen functional groups attached to an aromatic ring is 1. The van der Waals surface area contributed by atoms with Gasteiger partial charge in [0.15, 0.2) is 5.82 Å². The molecular weight excluding hydrogens is 473 g/mol. The van der Waals surface area contributed by atoms with Crippen molar-refractivity contribution in [3.05, 3.63) is 35.5 Å². The number of benzene rings is 1. The Morgan fingerprint density at radius 3 is 2.68 bits per heavy atom. The van der Waals surface area contributed by atoms with E-state index in [1.807, 2.05) is 4.68 Å². The lowest BCUT2D eigenvalue weighted by Gasteiger charge is -2.35. The average molecular weight is 508 g/mol. The summed E-state index contributed by atoms with van der Waals surface area (Å²) in [6.07, 6.45) is 3.75. The maximum Gasteiger partial charge on any atom is 0.222 e. The van der Waals surface area contributed by atoms with Crippen LogP contribution in [0, 0.1) is 23.2 Å². The molecule has 1 spiro atoms. The van der Waals surface area contributed by atoms with Crippen molar-refractivity contribution in [1.82, 2.24) is 24.6 Å². The average Bonchev–Trinajstić information content (AvgIpc) is 3.18. The number of aromatic nitrogens is 4. The van der Waals surface area contributed by atoms with Gasteiger partial charge in [0.2, 0.25) is 5.95 Å². The van der Waals surface area contributed by atoms with Gasteiger partial charge in [-0.1, -0.05) is 12.1 Å². The molecule has 0 radical (unpaired) electrons. The van der Waals surface area contributed by atoms with E-state index >= 15 is 0 Å². The van der Waals surface area contributed by atoms with Crippen molar-refractivity contribution in [2.24, 2.45) is 23.2 Å². The minimum atomic E-state index is -0.599. The number of hydrogen-bond acceptors (Lipinski definition) is 8. The van der Waals surface area contributed by atoms with Crippen molar-refractivity contribution in [2.45, 2.75) is 38.5 Å². The van der Waals surface area contributed by atoms with E-state index in [9.17, 15) is 4.39 Å². The fourth-order valence-corrected chi connectivity index (χ4v) is 6.81. The van der Waals surface area contributed by atoms with Gasteiger partial charge in [0.1, 0.15) is 23.0 Å². The van der Waals surface area contributed by atoms with E-state index in [1.54, 1.807) is 13.3 Å². The highest BCUT2D eigenvalue weighted by Crippen LogP contribution is 2.64. The third-order valence-electron chi connectivity index (χ3n) is 8.94. The van der Waals surface area contributed by atoms with Crippen molar-refractivity contribution >= 4 is 22.8 Å². The van der Waals surface area contributed by atoms with Gasteiger partial charge in [-0.15, -0.1) is 0 Å². The van der Waals surface area contributed by atoms with Crippen molar-refractivity contribution in [3.8, 4) is 5.75 Å². The lowest BCUT2D eigenvalue weighted by molar-refractivity contribution is 0.144. The number of alkyl halides is 1. The number of rotatable bonds is 8. The van der Waals surface area contributed by atoms with E-state index in [1.165, 1.54) is 5.56 Å². The number of ether oxygens (including phenoxy) is 2. The molecule has 4 fully saturated rings. The number of hydrogen-bond donors (Lipinski definition) is 2. The molecule has 1 aromatic carbocycles. The van der Waals surface area contributed by atoms with E-state index in [0.717, 1.165) is 75.5 Å². The number of halogens is 1. The molecule has 2 aliphatic carbocycles. The van der Waals surface area contributed by atoms with Crippen LogP contribution in [0.1, 0.15) is 30.4 Å². The zero-order chi connectivity index (χ0) is 25.1. The van der Waals surface area contributed by atoms with Crippen molar-refractivity contribution in [3.63, 3.8) is 0 Å². The van der Waals surface area contributed by atoms with E-state index in [-0.39, 0.29) is 11.4 Å². The van der Waals surface area contributed by atoms with Gasteiger partial charge in [-0.25, -0.2) is 9.37 Å². The molecule has 2 aliphatic heterocycles. The smallest absolute Gasteiger partial charge is 0.222 e. The lowest BCUT2D eigenvalue weighted by atomic mass is 9.71. The highest BCUT2D eigenvalue weighted by molar-refractivity contribution is 5.86. The molecule has 2 aromatic heterocycles. The van der Waals surface area contributed by atoms with Crippen molar-refractivity contribution in [2.75, 3.05) is 51.0 Å². The van der Waals surface area contributed by atoms with Gasteiger partial charge in [0.25, 0.3) is 0 Å². The molecule has 3 atom stereocenters. The standard InChI is InChI=1S/C27H34FN7O2/c1-36-22-4-16(10-34-11-19-14-37-15-20(19)12-34)2-3-18(22)13-35-24-21(9-31-35)32-26(29)33-25(24)30-8-17-5-27(6-17)7-23(27)28/h2-4,9,17,19-20,23H,5-8,10-15H2,1H3,(H3,29,30,32,33)/t17?,19-,20+,23?,27?. The molecule has 4 aliphatic rings. The Kier molecular flexibility index (Phi) is 5.51. The zero-order valence-electron chi connectivity index (χ0n) is 21.2. The van der Waals surface area contributed by atoms with Gasteiger partial charge in [-0.05, 0) is 36.8 Å². The highest BCUT2D eigenvalue weighted by Gasteiger charge is 2.62. The first-order valence-electron chi connectivity index (χ1n) is 13.3. The minimum absolute atomic E-state index is 0.0149. The van der Waals surface area contributed by atoms with Crippen molar-refractivity contribution < 1.29 is 13.9 Å². The van der Waals surface area contributed by atoms with Crippen LogP contribution in [0.2, 0.25) is 0 Å². The van der Waals surface area contributed by atoms with Crippen LogP contribution in [-0.2, 0) is 17.8 Å². The molecule has 4 heterocycles. The van der Waals surface area contributed by atoms with Crippen LogP contribution in [-0.4, -0.2) is 70.8 Å². The maximum atomic E-state index is 13.6. The SMILES string of the molecule is COc1cc(CN2C[C@H]3COC[C@H]3C2)ccc1Cn1ncc2nc(N)nc(NCC3CC4(C3)CC4F)c21. The van der Waals surface area contributed by atoms with Gasteiger partial charge >= 0.3 is 0 Å². The first-order chi connectivity index (χ1) is 18.0. The third-order valence-corrected chi connectivity index (χ3v) is 8.94.